The maximum absolute atomic E-state index is 12.0. The standard InChI is InChI=1S/C17H18N4OS/c1-11(2)21-17-13(9-19-21)8-14(10-18-17)20-16(22)7-6-15-5-4-12(3)23-15/h4-11H,1-3H3,(H,20,22). The Kier molecular flexibility index (Phi) is 4.25. The fourth-order valence-electron chi connectivity index (χ4n) is 2.27. The van der Waals surface area contributed by atoms with Gasteiger partial charge in [0.1, 0.15) is 0 Å². The van der Waals surface area contributed by atoms with Crippen LogP contribution in [0.3, 0.4) is 0 Å². The van der Waals surface area contributed by atoms with Crippen molar-refractivity contribution < 1.29 is 4.79 Å². The summed E-state index contributed by atoms with van der Waals surface area (Å²) in [6, 6.07) is 6.16. The molecule has 0 atom stereocenters. The third-order valence-corrected chi connectivity index (χ3v) is 4.32. The summed E-state index contributed by atoms with van der Waals surface area (Å²) in [5.74, 6) is -0.173. The van der Waals surface area contributed by atoms with Crippen molar-refractivity contribution in [3.05, 3.63) is 46.4 Å². The number of aromatic nitrogens is 3. The van der Waals surface area contributed by atoms with Crippen molar-refractivity contribution in [3.63, 3.8) is 0 Å². The number of amides is 1. The average molecular weight is 326 g/mol. The Morgan fingerprint density at radius 3 is 2.87 bits per heavy atom. The fraction of sp³-hybridized carbons (Fsp3) is 0.235. The second-order valence-electron chi connectivity index (χ2n) is 5.59. The first-order chi connectivity index (χ1) is 11.0. The van der Waals surface area contributed by atoms with Gasteiger partial charge in [0.2, 0.25) is 5.91 Å². The molecule has 0 radical (unpaired) electrons. The van der Waals surface area contributed by atoms with E-state index in [-0.39, 0.29) is 11.9 Å². The summed E-state index contributed by atoms with van der Waals surface area (Å²) in [6.07, 6.45) is 6.77. The number of nitrogens with one attached hydrogen (secondary N) is 1. The topological polar surface area (TPSA) is 59.8 Å². The number of hydrogen-bond acceptors (Lipinski definition) is 4. The van der Waals surface area contributed by atoms with Gasteiger partial charge in [-0.3, -0.25) is 4.79 Å². The molecule has 1 N–H and O–H groups in total. The minimum Gasteiger partial charge on any atom is -0.321 e. The number of carbonyl (C=O) groups excluding carboxylic acids is 1. The van der Waals surface area contributed by atoms with E-state index in [2.05, 4.69) is 29.2 Å². The molecule has 0 aliphatic carbocycles. The molecule has 0 fully saturated rings. The monoisotopic (exact) mass is 326 g/mol. The van der Waals surface area contributed by atoms with Gasteiger partial charge in [-0.15, -0.1) is 11.3 Å². The van der Waals surface area contributed by atoms with Crippen LogP contribution in [0.5, 0.6) is 0 Å². The fourth-order valence-corrected chi connectivity index (χ4v) is 3.05. The van der Waals surface area contributed by atoms with Crippen LogP contribution >= 0.6 is 11.3 Å². The minimum absolute atomic E-state index is 0.173. The van der Waals surface area contributed by atoms with Crippen molar-refractivity contribution in [2.45, 2.75) is 26.8 Å². The summed E-state index contributed by atoms with van der Waals surface area (Å²) in [4.78, 5) is 18.7. The zero-order valence-electron chi connectivity index (χ0n) is 13.3. The molecule has 0 unspecified atom stereocenters. The van der Waals surface area contributed by atoms with Gasteiger partial charge in [0.05, 0.1) is 18.1 Å². The largest absolute Gasteiger partial charge is 0.321 e. The SMILES string of the molecule is Cc1ccc(C=CC(=O)Nc2cnc3c(cnn3C(C)C)c2)s1. The number of fused-ring (bicyclic) bond motifs is 1. The van der Waals surface area contributed by atoms with E-state index in [1.54, 1.807) is 23.7 Å². The first-order valence-electron chi connectivity index (χ1n) is 7.41. The van der Waals surface area contributed by atoms with E-state index >= 15 is 0 Å². The number of carbonyl (C=O) groups is 1. The summed E-state index contributed by atoms with van der Waals surface area (Å²) >= 11 is 1.65. The predicted molar refractivity (Wildman–Crippen MR) is 94.6 cm³/mol. The number of rotatable bonds is 4. The van der Waals surface area contributed by atoms with Crippen molar-refractivity contribution in [2.75, 3.05) is 5.32 Å². The lowest BCUT2D eigenvalue weighted by atomic mass is 10.3. The molecule has 6 heteroatoms. The number of anilines is 1. The lowest BCUT2D eigenvalue weighted by Gasteiger charge is -2.06. The highest BCUT2D eigenvalue weighted by molar-refractivity contribution is 7.12. The molecule has 3 aromatic rings. The molecule has 118 valence electrons. The second-order valence-corrected chi connectivity index (χ2v) is 6.91. The molecule has 0 spiro atoms. The number of nitrogens with zero attached hydrogens (tertiary/aromatic N) is 3. The van der Waals surface area contributed by atoms with E-state index < -0.39 is 0 Å². The molecule has 0 saturated heterocycles. The zero-order valence-corrected chi connectivity index (χ0v) is 14.1. The smallest absolute Gasteiger partial charge is 0.248 e. The minimum atomic E-state index is -0.173. The van der Waals surface area contributed by atoms with E-state index in [0.717, 1.165) is 15.9 Å². The summed E-state index contributed by atoms with van der Waals surface area (Å²) in [6.45, 7) is 6.15. The second kappa shape index (κ2) is 6.34. The molecule has 23 heavy (non-hydrogen) atoms. The molecular weight excluding hydrogens is 308 g/mol. The van der Waals surface area contributed by atoms with Crippen molar-refractivity contribution in [2.24, 2.45) is 0 Å². The molecule has 3 rings (SSSR count). The molecule has 0 aliphatic heterocycles. The molecule has 5 nitrogen and oxygen atoms in total. The van der Waals surface area contributed by atoms with Crippen LogP contribution in [0.2, 0.25) is 0 Å². The highest BCUT2D eigenvalue weighted by Gasteiger charge is 2.08. The van der Waals surface area contributed by atoms with Crippen molar-refractivity contribution in [3.8, 4) is 0 Å². The zero-order chi connectivity index (χ0) is 16.4. The Labute approximate surface area is 138 Å². The molecule has 3 aromatic heterocycles. The normalized spacial score (nSPS) is 11.7. The van der Waals surface area contributed by atoms with Crippen LogP contribution < -0.4 is 5.32 Å². The summed E-state index contributed by atoms with van der Waals surface area (Å²) in [5, 5.41) is 8.06. The highest BCUT2D eigenvalue weighted by atomic mass is 32.1. The van der Waals surface area contributed by atoms with Gasteiger partial charge >= 0.3 is 0 Å². The van der Waals surface area contributed by atoms with Crippen LogP contribution in [0, 0.1) is 6.92 Å². The van der Waals surface area contributed by atoms with E-state index in [9.17, 15) is 4.79 Å². The Balaban J connectivity index is 1.73. The van der Waals surface area contributed by atoms with Gasteiger partial charge in [-0.2, -0.15) is 5.10 Å². The van der Waals surface area contributed by atoms with Gasteiger partial charge in [-0.1, -0.05) is 0 Å². The first-order valence-corrected chi connectivity index (χ1v) is 8.23. The van der Waals surface area contributed by atoms with Crippen LogP contribution in [-0.2, 0) is 4.79 Å². The van der Waals surface area contributed by atoms with Gasteiger partial charge in [-0.25, -0.2) is 9.67 Å². The van der Waals surface area contributed by atoms with E-state index in [1.165, 1.54) is 11.0 Å². The van der Waals surface area contributed by atoms with Crippen molar-refractivity contribution >= 4 is 40.0 Å². The molecule has 0 aromatic carbocycles. The molecule has 0 aliphatic rings. The Hall–Kier alpha value is -2.47. The van der Waals surface area contributed by atoms with Gasteiger partial charge in [0.15, 0.2) is 5.65 Å². The summed E-state index contributed by atoms with van der Waals surface area (Å²) in [5.41, 5.74) is 1.49. The van der Waals surface area contributed by atoms with E-state index in [0.29, 0.717) is 5.69 Å². The first kappa shape index (κ1) is 15.4. The van der Waals surface area contributed by atoms with Gasteiger partial charge in [0, 0.05) is 27.3 Å². The van der Waals surface area contributed by atoms with Crippen LogP contribution in [0.15, 0.2) is 36.7 Å². The van der Waals surface area contributed by atoms with Crippen LogP contribution in [0.1, 0.15) is 29.6 Å². The molecule has 1 amide bonds. The highest BCUT2D eigenvalue weighted by Crippen LogP contribution is 2.19. The van der Waals surface area contributed by atoms with E-state index in [4.69, 9.17) is 0 Å². The Morgan fingerprint density at radius 1 is 1.35 bits per heavy atom. The lowest BCUT2D eigenvalue weighted by Crippen LogP contribution is -2.08. The molecular formula is C17H18N4OS. The van der Waals surface area contributed by atoms with Gasteiger partial charge < -0.3 is 5.32 Å². The third-order valence-electron chi connectivity index (χ3n) is 3.35. The van der Waals surface area contributed by atoms with Crippen LogP contribution in [-0.4, -0.2) is 20.7 Å². The summed E-state index contributed by atoms with van der Waals surface area (Å²) < 4.78 is 1.86. The summed E-state index contributed by atoms with van der Waals surface area (Å²) in [7, 11) is 0. The predicted octanol–water partition coefficient (Wildman–Crippen LogP) is 4.03. The lowest BCUT2D eigenvalue weighted by molar-refractivity contribution is -0.111. The van der Waals surface area contributed by atoms with Crippen molar-refractivity contribution in [1.29, 1.82) is 0 Å². The number of thiophene rings is 1. The maximum Gasteiger partial charge on any atom is 0.248 e. The molecule has 0 saturated carbocycles. The van der Waals surface area contributed by atoms with E-state index in [1.807, 2.05) is 35.9 Å². The molecule has 3 heterocycles. The van der Waals surface area contributed by atoms with Crippen molar-refractivity contribution in [1.82, 2.24) is 14.8 Å². The van der Waals surface area contributed by atoms with Gasteiger partial charge in [0.25, 0.3) is 0 Å². The van der Waals surface area contributed by atoms with Crippen LogP contribution in [0.4, 0.5) is 5.69 Å². The average Bonchev–Trinajstić information content (AvgIpc) is 3.10. The third kappa shape index (κ3) is 3.48. The Bertz CT molecular complexity index is 876. The number of hydrogen-bond donors (Lipinski definition) is 1. The number of aryl methyl sites for hydroxylation is 1. The molecule has 0 bridgehead atoms. The quantitative estimate of drug-likeness (QED) is 0.736. The number of pyridine rings is 1. The van der Waals surface area contributed by atoms with Crippen LogP contribution in [0.25, 0.3) is 17.1 Å². The maximum atomic E-state index is 12.0. The Morgan fingerprint density at radius 2 is 2.17 bits per heavy atom. The van der Waals surface area contributed by atoms with Gasteiger partial charge in [-0.05, 0) is 45.0 Å².